The molecule has 3 heteroatoms. The first-order chi connectivity index (χ1) is 7.56. The Morgan fingerprint density at radius 2 is 2.31 bits per heavy atom. The third-order valence-electron chi connectivity index (χ3n) is 2.48. The molecule has 0 aliphatic carbocycles. The molecule has 1 N–H and O–H groups in total. The highest BCUT2D eigenvalue weighted by molar-refractivity contribution is 5.89. The summed E-state index contributed by atoms with van der Waals surface area (Å²) in [6.45, 7) is 8.67. The fourth-order valence-corrected chi connectivity index (χ4v) is 1.75. The molecule has 1 aromatic heterocycles. The van der Waals surface area contributed by atoms with Gasteiger partial charge in [0.15, 0.2) is 0 Å². The van der Waals surface area contributed by atoms with Crippen LogP contribution in [0.15, 0.2) is 24.9 Å². The van der Waals surface area contributed by atoms with E-state index in [1.165, 1.54) is 0 Å². The highest BCUT2D eigenvalue weighted by atomic mass is 16.4. The van der Waals surface area contributed by atoms with Gasteiger partial charge < -0.3 is 9.67 Å². The number of aromatic nitrogens is 1. The molecule has 0 saturated carbocycles. The standard InChI is InChI=1S/C13H19NO2/c1-4-5-7-14-8-6-11(13(15)16)12(14)9-10(2)3/h4,6,8,10H,1,5,7,9H2,2-3H3,(H,15,16). The quantitative estimate of drug-likeness (QED) is 0.750. The van der Waals surface area contributed by atoms with Crippen LogP contribution in [0.4, 0.5) is 0 Å². The molecule has 0 radical (unpaired) electrons. The summed E-state index contributed by atoms with van der Waals surface area (Å²) in [6.07, 6.45) is 5.36. The van der Waals surface area contributed by atoms with Crippen LogP contribution >= 0.6 is 0 Å². The number of aryl methyl sites for hydroxylation is 1. The van der Waals surface area contributed by atoms with Gasteiger partial charge in [0.1, 0.15) is 0 Å². The molecule has 0 atom stereocenters. The van der Waals surface area contributed by atoms with Gasteiger partial charge in [-0.25, -0.2) is 4.79 Å². The van der Waals surface area contributed by atoms with Gasteiger partial charge in [0, 0.05) is 18.4 Å². The Balaban J connectivity index is 2.98. The highest BCUT2D eigenvalue weighted by Gasteiger charge is 2.15. The van der Waals surface area contributed by atoms with E-state index in [4.69, 9.17) is 5.11 Å². The molecule has 0 unspecified atom stereocenters. The summed E-state index contributed by atoms with van der Waals surface area (Å²) in [5.74, 6) is -0.386. The van der Waals surface area contributed by atoms with Gasteiger partial charge >= 0.3 is 5.97 Å². The van der Waals surface area contributed by atoms with Crippen molar-refractivity contribution in [3.63, 3.8) is 0 Å². The van der Waals surface area contributed by atoms with E-state index in [1.54, 1.807) is 6.07 Å². The van der Waals surface area contributed by atoms with E-state index in [0.29, 0.717) is 11.5 Å². The molecule has 88 valence electrons. The van der Waals surface area contributed by atoms with Crippen molar-refractivity contribution >= 4 is 5.97 Å². The van der Waals surface area contributed by atoms with E-state index < -0.39 is 5.97 Å². The predicted octanol–water partition coefficient (Wildman–Crippen LogP) is 2.96. The largest absolute Gasteiger partial charge is 0.478 e. The number of aromatic carboxylic acids is 1. The molecule has 0 spiro atoms. The molecule has 3 nitrogen and oxygen atoms in total. The van der Waals surface area contributed by atoms with Crippen LogP contribution in [0.1, 0.15) is 36.3 Å². The second-order valence-electron chi connectivity index (χ2n) is 4.35. The van der Waals surface area contributed by atoms with Crippen molar-refractivity contribution in [3.05, 3.63) is 36.2 Å². The summed E-state index contributed by atoms with van der Waals surface area (Å²) in [6, 6.07) is 1.68. The number of hydrogen-bond acceptors (Lipinski definition) is 1. The number of carbonyl (C=O) groups is 1. The first-order valence-electron chi connectivity index (χ1n) is 5.58. The summed E-state index contributed by atoms with van der Waals surface area (Å²) in [4.78, 5) is 11.1. The van der Waals surface area contributed by atoms with Crippen molar-refractivity contribution in [3.8, 4) is 0 Å². The Morgan fingerprint density at radius 1 is 1.62 bits per heavy atom. The van der Waals surface area contributed by atoms with Gasteiger partial charge in [0.05, 0.1) is 5.56 Å². The Hall–Kier alpha value is -1.51. The molecule has 0 saturated heterocycles. The van der Waals surface area contributed by atoms with Crippen molar-refractivity contribution in [2.45, 2.75) is 33.2 Å². The smallest absolute Gasteiger partial charge is 0.337 e. The van der Waals surface area contributed by atoms with Crippen LogP contribution < -0.4 is 0 Å². The second kappa shape index (κ2) is 5.54. The molecule has 1 rings (SSSR count). The normalized spacial score (nSPS) is 10.7. The van der Waals surface area contributed by atoms with Crippen molar-refractivity contribution < 1.29 is 9.90 Å². The first kappa shape index (κ1) is 12.6. The molecule has 0 aliphatic rings. The average Bonchev–Trinajstić information content (AvgIpc) is 2.57. The van der Waals surface area contributed by atoms with E-state index in [1.807, 2.05) is 16.8 Å². The van der Waals surface area contributed by atoms with Crippen LogP contribution in [0.2, 0.25) is 0 Å². The Kier molecular flexibility index (Phi) is 4.35. The van der Waals surface area contributed by atoms with Gasteiger partial charge in [0.2, 0.25) is 0 Å². The monoisotopic (exact) mass is 221 g/mol. The second-order valence-corrected chi connectivity index (χ2v) is 4.35. The third kappa shape index (κ3) is 2.99. The van der Waals surface area contributed by atoms with Crippen LogP contribution in [0, 0.1) is 5.92 Å². The number of nitrogens with zero attached hydrogens (tertiary/aromatic N) is 1. The lowest BCUT2D eigenvalue weighted by Crippen LogP contribution is -2.09. The van der Waals surface area contributed by atoms with Crippen LogP contribution in [0.3, 0.4) is 0 Å². The Morgan fingerprint density at radius 3 is 2.81 bits per heavy atom. The minimum atomic E-state index is -0.840. The fraction of sp³-hybridized carbons (Fsp3) is 0.462. The van der Waals surface area contributed by atoms with Gasteiger partial charge in [-0.2, -0.15) is 0 Å². The molecule has 0 aliphatic heterocycles. The van der Waals surface area contributed by atoms with Crippen molar-refractivity contribution in [2.24, 2.45) is 5.92 Å². The lowest BCUT2D eigenvalue weighted by atomic mass is 10.0. The number of hydrogen-bond donors (Lipinski definition) is 1. The van der Waals surface area contributed by atoms with Crippen LogP contribution in [0.5, 0.6) is 0 Å². The predicted molar refractivity (Wildman–Crippen MR) is 64.7 cm³/mol. The van der Waals surface area contributed by atoms with Gasteiger partial charge in [-0.05, 0) is 24.8 Å². The van der Waals surface area contributed by atoms with E-state index in [2.05, 4.69) is 20.4 Å². The van der Waals surface area contributed by atoms with E-state index in [-0.39, 0.29) is 0 Å². The van der Waals surface area contributed by atoms with Crippen molar-refractivity contribution in [2.75, 3.05) is 0 Å². The maximum atomic E-state index is 11.1. The Bertz CT molecular complexity index is 377. The summed E-state index contributed by atoms with van der Waals surface area (Å²) in [7, 11) is 0. The zero-order valence-electron chi connectivity index (χ0n) is 9.94. The molecule has 0 fully saturated rings. The lowest BCUT2D eigenvalue weighted by Gasteiger charge is -2.11. The lowest BCUT2D eigenvalue weighted by molar-refractivity contribution is 0.0695. The third-order valence-corrected chi connectivity index (χ3v) is 2.48. The number of carboxylic acids is 1. The van der Waals surface area contributed by atoms with Crippen LogP contribution in [-0.2, 0) is 13.0 Å². The molecule has 0 amide bonds. The minimum absolute atomic E-state index is 0.428. The summed E-state index contributed by atoms with van der Waals surface area (Å²) >= 11 is 0. The van der Waals surface area contributed by atoms with Crippen molar-refractivity contribution in [1.29, 1.82) is 0 Å². The van der Waals surface area contributed by atoms with Gasteiger partial charge in [-0.15, -0.1) is 6.58 Å². The molecule has 1 aromatic rings. The van der Waals surface area contributed by atoms with Gasteiger partial charge in [0.25, 0.3) is 0 Å². The maximum Gasteiger partial charge on any atom is 0.337 e. The molecular formula is C13H19NO2. The average molecular weight is 221 g/mol. The highest BCUT2D eigenvalue weighted by Crippen LogP contribution is 2.16. The Labute approximate surface area is 96.4 Å². The zero-order valence-corrected chi connectivity index (χ0v) is 9.94. The SMILES string of the molecule is C=CCCn1ccc(C(=O)O)c1CC(C)C. The van der Waals surface area contributed by atoms with Crippen LogP contribution in [-0.4, -0.2) is 15.6 Å². The van der Waals surface area contributed by atoms with Gasteiger partial charge in [-0.1, -0.05) is 19.9 Å². The molecule has 0 bridgehead atoms. The molecular weight excluding hydrogens is 202 g/mol. The zero-order chi connectivity index (χ0) is 12.1. The number of allylic oxidation sites excluding steroid dienone is 1. The van der Waals surface area contributed by atoms with E-state index in [9.17, 15) is 4.79 Å². The summed E-state index contributed by atoms with van der Waals surface area (Å²) < 4.78 is 2.02. The van der Waals surface area contributed by atoms with E-state index >= 15 is 0 Å². The summed E-state index contributed by atoms with van der Waals surface area (Å²) in [5, 5.41) is 9.08. The molecule has 1 heterocycles. The first-order valence-corrected chi connectivity index (χ1v) is 5.58. The molecule has 16 heavy (non-hydrogen) atoms. The maximum absolute atomic E-state index is 11.1. The fourth-order valence-electron chi connectivity index (χ4n) is 1.75. The molecule has 0 aromatic carbocycles. The van der Waals surface area contributed by atoms with Crippen molar-refractivity contribution in [1.82, 2.24) is 4.57 Å². The number of carboxylic acid groups (broad SMARTS) is 1. The van der Waals surface area contributed by atoms with Gasteiger partial charge in [-0.3, -0.25) is 0 Å². The van der Waals surface area contributed by atoms with Crippen LogP contribution in [0.25, 0.3) is 0 Å². The van der Waals surface area contributed by atoms with E-state index in [0.717, 1.165) is 25.1 Å². The minimum Gasteiger partial charge on any atom is -0.478 e. The topological polar surface area (TPSA) is 42.2 Å². The number of rotatable bonds is 6. The summed E-state index contributed by atoms with van der Waals surface area (Å²) in [5.41, 5.74) is 1.35.